The second kappa shape index (κ2) is 12.6. The topological polar surface area (TPSA) is 150 Å². The minimum absolute atomic E-state index is 0.0296. The van der Waals surface area contributed by atoms with Crippen LogP contribution in [0.15, 0.2) is 71.6 Å². The number of nitrogen functional groups attached to an aromatic ring is 1. The molecule has 0 aliphatic carbocycles. The predicted octanol–water partition coefficient (Wildman–Crippen LogP) is 3.14. The number of amidine groups is 1. The quantitative estimate of drug-likeness (QED) is 0.148. The van der Waals surface area contributed by atoms with Crippen LogP contribution < -0.4 is 20.5 Å². The molecule has 10 nitrogen and oxygen atoms in total. The zero-order valence-corrected chi connectivity index (χ0v) is 24.1. The lowest BCUT2D eigenvalue weighted by Gasteiger charge is -2.18. The van der Waals surface area contributed by atoms with E-state index in [0.717, 1.165) is 15.8 Å². The van der Waals surface area contributed by atoms with E-state index in [1.54, 1.807) is 43.5 Å². The number of benzene rings is 3. The number of fused-ring (bicyclic) bond motifs is 1. The van der Waals surface area contributed by atoms with E-state index in [1.165, 1.54) is 23.5 Å². The number of sulfonamides is 1. The van der Waals surface area contributed by atoms with Gasteiger partial charge in [-0.3, -0.25) is 10.2 Å². The summed E-state index contributed by atoms with van der Waals surface area (Å²) < 4.78 is 36.2. The molecule has 0 spiro atoms. The predicted molar refractivity (Wildman–Crippen MR) is 158 cm³/mol. The van der Waals surface area contributed by atoms with Gasteiger partial charge in [0, 0.05) is 24.2 Å². The molecule has 1 atom stereocenters. The highest BCUT2D eigenvalue weighted by molar-refractivity contribution is 7.89. The van der Waals surface area contributed by atoms with Gasteiger partial charge in [-0.25, -0.2) is 18.1 Å². The highest BCUT2D eigenvalue weighted by Gasteiger charge is 2.26. The third kappa shape index (κ3) is 7.21. The van der Waals surface area contributed by atoms with Crippen LogP contribution in [0.25, 0.3) is 10.2 Å². The van der Waals surface area contributed by atoms with Crippen LogP contribution in [0.2, 0.25) is 0 Å². The first kappa shape index (κ1) is 29.2. The van der Waals surface area contributed by atoms with Crippen molar-refractivity contribution in [3.8, 4) is 5.75 Å². The van der Waals surface area contributed by atoms with Crippen LogP contribution in [-0.2, 0) is 16.4 Å². The van der Waals surface area contributed by atoms with E-state index in [9.17, 15) is 13.2 Å². The number of carbonyl (C=O) groups excluding carboxylic acids is 1. The molecule has 40 heavy (non-hydrogen) atoms. The summed E-state index contributed by atoms with van der Waals surface area (Å²) >= 11 is 1.37. The second-order valence-electron chi connectivity index (χ2n) is 9.46. The maximum atomic E-state index is 13.6. The largest absolute Gasteiger partial charge is 0.497 e. The third-order valence-electron chi connectivity index (χ3n) is 6.14. The molecule has 0 bridgehead atoms. The fraction of sp³-hybridized carbons (Fsp3) is 0.250. The molecular weight excluding hydrogens is 548 g/mol. The summed E-state index contributed by atoms with van der Waals surface area (Å²) in [6.07, 6.45) is 0.266. The number of carbonyl (C=O) groups is 1. The van der Waals surface area contributed by atoms with Gasteiger partial charge in [0.2, 0.25) is 10.0 Å². The Morgan fingerprint density at radius 3 is 2.58 bits per heavy atom. The summed E-state index contributed by atoms with van der Waals surface area (Å²) in [5.74, 6) is 0.248. The summed E-state index contributed by atoms with van der Waals surface area (Å²) in [5.41, 5.74) is 7.98. The van der Waals surface area contributed by atoms with Crippen LogP contribution in [0.5, 0.6) is 5.75 Å². The number of ether oxygens (including phenoxy) is 1. The van der Waals surface area contributed by atoms with E-state index in [-0.39, 0.29) is 28.6 Å². The van der Waals surface area contributed by atoms with E-state index in [0.29, 0.717) is 29.4 Å². The zero-order valence-electron chi connectivity index (χ0n) is 22.5. The Kier molecular flexibility index (Phi) is 9.15. The Bertz CT molecular complexity index is 1630. The van der Waals surface area contributed by atoms with Gasteiger partial charge in [0.25, 0.3) is 5.91 Å². The van der Waals surface area contributed by atoms with Crippen molar-refractivity contribution >= 4 is 43.3 Å². The molecule has 5 N–H and O–H groups in total. The molecule has 3 aromatic carbocycles. The van der Waals surface area contributed by atoms with Crippen molar-refractivity contribution in [1.29, 1.82) is 5.41 Å². The van der Waals surface area contributed by atoms with Crippen LogP contribution >= 0.6 is 11.3 Å². The number of nitrogens with two attached hydrogens (primary N) is 1. The molecule has 1 heterocycles. The Morgan fingerprint density at radius 2 is 1.85 bits per heavy atom. The molecule has 4 rings (SSSR count). The monoisotopic (exact) mass is 580 g/mol. The Morgan fingerprint density at radius 1 is 1.10 bits per heavy atom. The van der Waals surface area contributed by atoms with Gasteiger partial charge in [-0.05, 0) is 68.5 Å². The molecule has 1 amide bonds. The van der Waals surface area contributed by atoms with Crippen LogP contribution in [0, 0.1) is 5.41 Å². The van der Waals surface area contributed by atoms with Crippen molar-refractivity contribution in [3.63, 3.8) is 0 Å². The number of hydrogen-bond donors (Lipinski definition) is 4. The number of rotatable bonds is 12. The molecule has 0 aliphatic rings. The van der Waals surface area contributed by atoms with E-state index in [4.69, 9.17) is 20.9 Å². The van der Waals surface area contributed by atoms with Crippen molar-refractivity contribution in [2.75, 3.05) is 34.3 Å². The Hall–Kier alpha value is -3.84. The number of methoxy groups -OCH3 is 1. The first-order valence-electron chi connectivity index (χ1n) is 12.5. The van der Waals surface area contributed by atoms with E-state index >= 15 is 0 Å². The lowest BCUT2D eigenvalue weighted by atomic mass is 10.0. The van der Waals surface area contributed by atoms with Crippen molar-refractivity contribution in [2.24, 2.45) is 5.73 Å². The molecule has 0 unspecified atom stereocenters. The fourth-order valence-electron chi connectivity index (χ4n) is 4.03. The number of thiazole rings is 1. The van der Waals surface area contributed by atoms with Gasteiger partial charge in [-0.1, -0.05) is 24.3 Å². The highest BCUT2D eigenvalue weighted by Crippen LogP contribution is 2.32. The van der Waals surface area contributed by atoms with E-state index < -0.39 is 16.1 Å². The average molecular weight is 581 g/mol. The summed E-state index contributed by atoms with van der Waals surface area (Å²) in [6.45, 7) is 1.09. The lowest BCUT2D eigenvalue weighted by molar-refractivity contribution is 0.0951. The van der Waals surface area contributed by atoms with Gasteiger partial charge >= 0.3 is 0 Å². The minimum Gasteiger partial charge on any atom is -0.497 e. The first-order chi connectivity index (χ1) is 19.1. The lowest BCUT2D eigenvalue weighted by Crippen LogP contribution is -2.32. The standard InChI is InChI=1S/C28H32N6O4S2/c1-34(2)13-12-31-27(35)20-8-5-9-22(16-20)40(36,37)33-24(15-18-6-4-7-19(14-18)26(29)30)28-32-23-11-10-21(38-3)17-25(23)39-28/h4-11,14,16-17,24,33H,12-13,15H2,1-3H3,(H3,29,30)(H,31,35)/t24-/m0/s1. The summed E-state index contributed by atoms with van der Waals surface area (Å²) in [6, 6.07) is 17.8. The third-order valence-corrected chi connectivity index (χ3v) is 8.74. The Balaban J connectivity index is 1.66. The molecule has 210 valence electrons. The van der Waals surface area contributed by atoms with Crippen LogP contribution in [-0.4, -0.2) is 64.3 Å². The summed E-state index contributed by atoms with van der Waals surface area (Å²) in [7, 11) is 1.33. The second-order valence-corrected chi connectivity index (χ2v) is 12.2. The molecule has 0 fully saturated rings. The fourth-order valence-corrected chi connectivity index (χ4v) is 6.40. The Labute approximate surface area is 237 Å². The average Bonchev–Trinajstić information content (AvgIpc) is 3.36. The number of nitrogens with zero attached hydrogens (tertiary/aromatic N) is 2. The number of aromatic nitrogens is 1. The first-order valence-corrected chi connectivity index (χ1v) is 14.8. The van der Waals surface area contributed by atoms with Gasteiger partial charge in [0.15, 0.2) is 0 Å². The molecule has 0 aliphatic heterocycles. The molecule has 4 aromatic rings. The molecule has 0 saturated carbocycles. The number of amides is 1. The number of nitrogens with one attached hydrogen (secondary N) is 3. The van der Waals surface area contributed by atoms with Crippen molar-refractivity contribution in [2.45, 2.75) is 17.4 Å². The van der Waals surface area contributed by atoms with Gasteiger partial charge in [0.1, 0.15) is 16.6 Å². The zero-order chi connectivity index (χ0) is 28.9. The van der Waals surface area contributed by atoms with Crippen LogP contribution in [0.1, 0.15) is 32.5 Å². The summed E-state index contributed by atoms with van der Waals surface area (Å²) in [4.78, 5) is 19.3. The van der Waals surface area contributed by atoms with E-state index in [1.807, 2.05) is 37.2 Å². The van der Waals surface area contributed by atoms with Crippen LogP contribution in [0.4, 0.5) is 0 Å². The van der Waals surface area contributed by atoms with Crippen molar-refractivity contribution in [3.05, 3.63) is 88.4 Å². The normalized spacial score (nSPS) is 12.4. The summed E-state index contributed by atoms with van der Waals surface area (Å²) in [5, 5.41) is 11.1. The maximum Gasteiger partial charge on any atom is 0.251 e. The molecule has 12 heteroatoms. The molecular formula is C28H32N6O4S2. The van der Waals surface area contributed by atoms with Crippen molar-refractivity contribution in [1.82, 2.24) is 19.9 Å². The highest BCUT2D eigenvalue weighted by atomic mass is 32.2. The smallest absolute Gasteiger partial charge is 0.251 e. The maximum absolute atomic E-state index is 13.6. The van der Waals surface area contributed by atoms with Gasteiger partial charge in [0.05, 0.1) is 28.3 Å². The molecule has 0 saturated heterocycles. The molecule has 1 aromatic heterocycles. The van der Waals surface area contributed by atoms with Gasteiger partial charge in [-0.2, -0.15) is 0 Å². The number of likely N-dealkylation sites (N-methyl/N-ethyl adjacent to an activating group) is 1. The SMILES string of the molecule is COc1ccc2nc([C@H](Cc3cccc(C(=N)N)c3)NS(=O)(=O)c3cccc(C(=O)NCCN(C)C)c3)sc2c1. The minimum atomic E-state index is -4.06. The van der Waals surface area contributed by atoms with Gasteiger partial charge < -0.3 is 20.7 Å². The molecule has 0 radical (unpaired) electrons. The van der Waals surface area contributed by atoms with Gasteiger partial charge in [-0.15, -0.1) is 11.3 Å². The number of hydrogen-bond acceptors (Lipinski definition) is 8. The van der Waals surface area contributed by atoms with Crippen LogP contribution in [0.3, 0.4) is 0 Å². The van der Waals surface area contributed by atoms with E-state index in [2.05, 4.69) is 10.0 Å². The van der Waals surface area contributed by atoms with Crippen molar-refractivity contribution < 1.29 is 17.9 Å².